The quantitative estimate of drug-likeness (QED) is 0.717. The van der Waals surface area contributed by atoms with Crippen molar-refractivity contribution in [2.75, 3.05) is 11.9 Å². The van der Waals surface area contributed by atoms with Gasteiger partial charge in [-0.15, -0.1) is 0 Å². The molecule has 0 atom stereocenters. The largest absolute Gasteiger partial charge is 0.491 e. The molecule has 0 aliphatic rings. The lowest BCUT2D eigenvalue weighted by Crippen LogP contribution is -2.00. The summed E-state index contributed by atoms with van der Waals surface area (Å²) in [6.45, 7) is 3.08. The van der Waals surface area contributed by atoms with Crippen LogP contribution in [0.2, 0.25) is 10.0 Å². The summed E-state index contributed by atoms with van der Waals surface area (Å²) in [6, 6.07) is 11.7. The van der Waals surface area contributed by atoms with Crippen molar-refractivity contribution >= 4 is 44.8 Å². The van der Waals surface area contributed by atoms with Crippen LogP contribution in [0.25, 0.3) is 0 Å². The maximum Gasteiger partial charge on any atom is 0.156 e. The van der Waals surface area contributed by atoms with Crippen molar-refractivity contribution in [2.45, 2.75) is 13.5 Å². The van der Waals surface area contributed by atoms with E-state index in [1.807, 2.05) is 43.3 Å². The highest BCUT2D eigenvalue weighted by atomic mass is 79.9. The van der Waals surface area contributed by atoms with E-state index < -0.39 is 0 Å². The molecule has 0 aliphatic heterocycles. The molecule has 20 heavy (non-hydrogen) atoms. The fourth-order valence-electron chi connectivity index (χ4n) is 1.77. The van der Waals surface area contributed by atoms with Crippen LogP contribution < -0.4 is 10.1 Å². The van der Waals surface area contributed by atoms with Gasteiger partial charge in [0.05, 0.1) is 16.7 Å². The summed E-state index contributed by atoms with van der Waals surface area (Å²) in [5.41, 5.74) is 2.04. The molecule has 0 aromatic heterocycles. The zero-order valence-electron chi connectivity index (χ0n) is 10.9. The minimum atomic E-state index is 0.534. The van der Waals surface area contributed by atoms with Crippen molar-refractivity contribution in [3.05, 3.63) is 56.5 Å². The summed E-state index contributed by atoms with van der Waals surface area (Å²) in [7, 11) is 0. The number of halogens is 3. The summed E-state index contributed by atoms with van der Waals surface area (Å²) in [5.74, 6) is 0.545. The van der Waals surface area contributed by atoms with Crippen molar-refractivity contribution in [3.8, 4) is 5.75 Å². The average molecular weight is 375 g/mol. The molecule has 2 aromatic rings. The molecule has 2 aromatic carbocycles. The molecule has 0 bridgehead atoms. The lowest BCUT2D eigenvalue weighted by molar-refractivity contribution is 0.340. The Labute approximate surface area is 137 Å². The normalized spacial score (nSPS) is 10.4. The number of anilines is 1. The first-order chi connectivity index (χ1) is 9.60. The van der Waals surface area contributed by atoms with Gasteiger partial charge in [0, 0.05) is 16.7 Å². The molecule has 0 fully saturated rings. The molecule has 1 N–H and O–H groups in total. The van der Waals surface area contributed by atoms with Crippen LogP contribution in [0.1, 0.15) is 12.5 Å². The SMILES string of the molecule is CCOc1c(Cl)cc(CNc2ccc(Br)cc2)cc1Cl. The van der Waals surface area contributed by atoms with Crippen LogP contribution in [0.4, 0.5) is 5.69 Å². The van der Waals surface area contributed by atoms with Crippen molar-refractivity contribution in [2.24, 2.45) is 0 Å². The highest BCUT2D eigenvalue weighted by molar-refractivity contribution is 9.10. The molecule has 0 saturated heterocycles. The maximum atomic E-state index is 6.17. The Hall–Kier alpha value is -0.900. The van der Waals surface area contributed by atoms with E-state index in [0.29, 0.717) is 28.9 Å². The third kappa shape index (κ3) is 4.05. The van der Waals surface area contributed by atoms with E-state index in [2.05, 4.69) is 21.2 Å². The van der Waals surface area contributed by atoms with Gasteiger partial charge in [0.15, 0.2) is 5.75 Å². The predicted molar refractivity (Wildman–Crippen MR) is 89.1 cm³/mol. The first-order valence-electron chi connectivity index (χ1n) is 6.20. The van der Waals surface area contributed by atoms with Crippen LogP contribution in [0, 0.1) is 0 Å². The van der Waals surface area contributed by atoms with Gasteiger partial charge in [-0.3, -0.25) is 0 Å². The zero-order valence-corrected chi connectivity index (χ0v) is 14.0. The lowest BCUT2D eigenvalue weighted by atomic mass is 10.2. The third-order valence-corrected chi connectivity index (χ3v) is 3.78. The topological polar surface area (TPSA) is 21.3 Å². The molecule has 2 rings (SSSR count). The number of hydrogen-bond donors (Lipinski definition) is 1. The number of rotatable bonds is 5. The van der Waals surface area contributed by atoms with Gasteiger partial charge in [-0.1, -0.05) is 39.1 Å². The molecule has 0 radical (unpaired) electrons. The second-order valence-corrected chi connectivity index (χ2v) is 5.91. The van der Waals surface area contributed by atoms with Crippen molar-refractivity contribution < 1.29 is 4.74 Å². The Balaban J connectivity index is 2.08. The minimum absolute atomic E-state index is 0.534. The van der Waals surface area contributed by atoms with E-state index >= 15 is 0 Å². The van der Waals surface area contributed by atoms with E-state index in [1.165, 1.54) is 0 Å². The highest BCUT2D eigenvalue weighted by Gasteiger charge is 2.09. The van der Waals surface area contributed by atoms with E-state index in [0.717, 1.165) is 15.7 Å². The van der Waals surface area contributed by atoms with E-state index in [1.54, 1.807) is 0 Å². The lowest BCUT2D eigenvalue weighted by Gasteiger charge is -2.11. The molecule has 0 heterocycles. The van der Waals surface area contributed by atoms with Gasteiger partial charge in [-0.05, 0) is 48.9 Å². The molecule has 0 aliphatic carbocycles. The molecular weight excluding hydrogens is 361 g/mol. The Bertz CT molecular complexity index is 564. The van der Waals surface area contributed by atoms with Crippen LogP contribution in [0.5, 0.6) is 5.75 Å². The average Bonchev–Trinajstić information content (AvgIpc) is 2.42. The molecule has 0 spiro atoms. The number of nitrogens with one attached hydrogen (secondary N) is 1. The summed E-state index contributed by atoms with van der Waals surface area (Å²) < 4.78 is 6.46. The van der Waals surface area contributed by atoms with Gasteiger partial charge in [0.25, 0.3) is 0 Å². The number of hydrogen-bond acceptors (Lipinski definition) is 2. The van der Waals surface area contributed by atoms with Crippen LogP contribution in [0.3, 0.4) is 0 Å². The van der Waals surface area contributed by atoms with Gasteiger partial charge in [0.1, 0.15) is 0 Å². The summed E-state index contributed by atoms with van der Waals surface area (Å²) >= 11 is 15.8. The van der Waals surface area contributed by atoms with Crippen molar-refractivity contribution in [1.29, 1.82) is 0 Å². The second-order valence-electron chi connectivity index (χ2n) is 4.18. The monoisotopic (exact) mass is 373 g/mol. The van der Waals surface area contributed by atoms with E-state index in [4.69, 9.17) is 27.9 Å². The molecule has 106 valence electrons. The Kier molecular flexibility index (Phi) is 5.58. The Morgan fingerprint density at radius 1 is 1.10 bits per heavy atom. The first kappa shape index (κ1) is 15.5. The molecule has 0 unspecified atom stereocenters. The van der Waals surface area contributed by atoms with Gasteiger partial charge < -0.3 is 10.1 Å². The smallest absolute Gasteiger partial charge is 0.156 e. The van der Waals surface area contributed by atoms with Gasteiger partial charge in [0.2, 0.25) is 0 Å². The summed E-state index contributed by atoms with van der Waals surface area (Å²) in [5, 5.41) is 4.38. The maximum absolute atomic E-state index is 6.17. The van der Waals surface area contributed by atoms with Crippen molar-refractivity contribution in [3.63, 3.8) is 0 Å². The van der Waals surface area contributed by atoms with Gasteiger partial charge in [-0.2, -0.15) is 0 Å². The van der Waals surface area contributed by atoms with E-state index in [9.17, 15) is 0 Å². The highest BCUT2D eigenvalue weighted by Crippen LogP contribution is 2.34. The van der Waals surface area contributed by atoms with Crippen LogP contribution >= 0.6 is 39.1 Å². The van der Waals surface area contributed by atoms with Gasteiger partial charge >= 0.3 is 0 Å². The minimum Gasteiger partial charge on any atom is -0.491 e. The third-order valence-electron chi connectivity index (χ3n) is 2.69. The second kappa shape index (κ2) is 7.21. The summed E-state index contributed by atoms with van der Waals surface area (Å²) in [4.78, 5) is 0. The fourth-order valence-corrected chi connectivity index (χ4v) is 2.67. The first-order valence-corrected chi connectivity index (χ1v) is 7.75. The standard InChI is InChI=1S/C15H14BrCl2NO/c1-2-20-15-13(17)7-10(8-14(15)18)9-19-12-5-3-11(16)4-6-12/h3-8,19H,2,9H2,1H3. The van der Waals surface area contributed by atoms with Crippen LogP contribution in [-0.2, 0) is 6.54 Å². The molecule has 0 saturated carbocycles. The van der Waals surface area contributed by atoms with Gasteiger partial charge in [-0.25, -0.2) is 0 Å². The van der Waals surface area contributed by atoms with Crippen molar-refractivity contribution in [1.82, 2.24) is 0 Å². The molecule has 0 amide bonds. The number of benzene rings is 2. The fraction of sp³-hybridized carbons (Fsp3) is 0.200. The number of ether oxygens (including phenoxy) is 1. The van der Waals surface area contributed by atoms with Crippen LogP contribution in [0.15, 0.2) is 40.9 Å². The zero-order chi connectivity index (χ0) is 14.5. The predicted octanol–water partition coefficient (Wildman–Crippen LogP) is 5.77. The molecule has 2 nitrogen and oxygen atoms in total. The summed E-state index contributed by atoms with van der Waals surface area (Å²) in [6.07, 6.45) is 0. The van der Waals surface area contributed by atoms with Crippen LogP contribution in [-0.4, -0.2) is 6.61 Å². The Morgan fingerprint density at radius 3 is 2.25 bits per heavy atom. The Morgan fingerprint density at radius 2 is 1.70 bits per heavy atom. The molecule has 5 heteroatoms. The molecular formula is C15H14BrCl2NO. The van der Waals surface area contributed by atoms with E-state index in [-0.39, 0.29) is 0 Å².